The van der Waals surface area contributed by atoms with Gasteiger partial charge in [0.25, 0.3) is 0 Å². The van der Waals surface area contributed by atoms with Crippen LogP contribution in [-0.4, -0.2) is 28.8 Å². The zero-order valence-corrected chi connectivity index (χ0v) is 19.6. The van der Waals surface area contributed by atoms with Gasteiger partial charge in [-0.05, 0) is 49.9 Å². The molecule has 0 bridgehead atoms. The lowest BCUT2D eigenvalue weighted by atomic mass is 10.1. The number of nitrogens with one attached hydrogen (secondary N) is 1. The summed E-state index contributed by atoms with van der Waals surface area (Å²) in [5.74, 6) is -0.276. The number of nitrogens with zero attached hydrogens (tertiary/aromatic N) is 1. The smallest absolute Gasteiger partial charge is 0.243 e. The summed E-state index contributed by atoms with van der Waals surface area (Å²) in [6, 6.07) is 12.6. The molecular weight excluding hydrogens is 419 g/mol. The van der Waals surface area contributed by atoms with Crippen LogP contribution in [0.25, 0.3) is 0 Å². The molecule has 162 valence electrons. The second kappa shape index (κ2) is 11.4. The molecule has 2 amide bonds. The predicted molar refractivity (Wildman–Crippen MR) is 124 cm³/mol. The van der Waals surface area contributed by atoms with Crippen LogP contribution >= 0.6 is 23.2 Å². The highest BCUT2D eigenvalue weighted by molar-refractivity contribution is 6.35. The van der Waals surface area contributed by atoms with Crippen molar-refractivity contribution in [3.8, 4) is 0 Å². The van der Waals surface area contributed by atoms with Crippen molar-refractivity contribution in [3.05, 3.63) is 69.2 Å². The van der Waals surface area contributed by atoms with Crippen molar-refractivity contribution in [3.63, 3.8) is 0 Å². The summed E-state index contributed by atoms with van der Waals surface area (Å²) in [4.78, 5) is 28.0. The fourth-order valence-electron chi connectivity index (χ4n) is 3.30. The number of benzene rings is 2. The highest BCUT2D eigenvalue weighted by atomic mass is 35.5. The number of hydrogen-bond acceptors (Lipinski definition) is 2. The molecule has 4 nitrogen and oxygen atoms in total. The third kappa shape index (κ3) is 6.75. The Kier molecular flexibility index (Phi) is 9.19. The van der Waals surface area contributed by atoms with Gasteiger partial charge in [0.2, 0.25) is 11.8 Å². The molecule has 30 heavy (non-hydrogen) atoms. The molecule has 2 aromatic carbocycles. The number of aryl methyl sites for hydroxylation is 1. The Hall–Kier alpha value is -2.04. The van der Waals surface area contributed by atoms with E-state index in [4.69, 9.17) is 23.2 Å². The Labute approximate surface area is 189 Å². The lowest BCUT2D eigenvalue weighted by Crippen LogP contribution is -2.51. The summed E-state index contributed by atoms with van der Waals surface area (Å²) in [6.45, 7) is 8.27. The van der Waals surface area contributed by atoms with E-state index < -0.39 is 6.04 Å². The minimum atomic E-state index is -0.557. The van der Waals surface area contributed by atoms with Crippen molar-refractivity contribution >= 4 is 35.0 Å². The molecule has 0 aliphatic heterocycles. The maximum absolute atomic E-state index is 13.4. The fourth-order valence-corrected chi connectivity index (χ4v) is 3.77. The van der Waals surface area contributed by atoms with Crippen LogP contribution in [0.3, 0.4) is 0 Å². The molecule has 2 atom stereocenters. The zero-order chi connectivity index (χ0) is 22.3. The van der Waals surface area contributed by atoms with Gasteiger partial charge in [0, 0.05) is 22.6 Å². The molecular formula is C24H30Cl2N2O2. The summed E-state index contributed by atoms with van der Waals surface area (Å²) in [5, 5.41) is 3.99. The van der Waals surface area contributed by atoms with E-state index >= 15 is 0 Å². The van der Waals surface area contributed by atoms with Gasteiger partial charge in [-0.2, -0.15) is 0 Å². The van der Waals surface area contributed by atoms with Crippen LogP contribution in [0.2, 0.25) is 10.0 Å². The summed E-state index contributed by atoms with van der Waals surface area (Å²) >= 11 is 12.3. The first kappa shape index (κ1) is 24.2. The summed E-state index contributed by atoms with van der Waals surface area (Å²) in [7, 11) is 0. The first-order valence-electron chi connectivity index (χ1n) is 10.3. The van der Waals surface area contributed by atoms with Crippen LogP contribution in [0.15, 0.2) is 42.5 Å². The maximum Gasteiger partial charge on any atom is 0.243 e. The summed E-state index contributed by atoms with van der Waals surface area (Å²) in [6.07, 6.45) is 1.46. The van der Waals surface area contributed by atoms with Gasteiger partial charge in [-0.1, -0.05) is 72.9 Å². The molecule has 0 fully saturated rings. The summed E-state index contributed by atoms with van der Waals surface area (Å²) < 4.78 is 0. The van der Waals surface area contributed by atoms with Crippen molar-refractivity contribution in [2.24, 2.45) is 0 Å². The van der Waals surface area contributed by atoms with E-state index in [0.717, 1.165) is 17.5 Å². The first-order chi connectivity index (χ1) is 14.2. The van der Waals surface area contributed by atoms with Crippen molar-refractivity contribution in [1.82, 2.24) is 10.2 Å². The molecule has 0 aromatic heterocycles. The van der Waals surface area contributed by atoms with Crippen LogP contribution in [0.4, 0.5) is 0 Å². The molecule has 0 spiro atoms. The highest BCUT2D eigenvalue weighted by Gasteiger charge is 2.29. The van der Waals surface area contributed by atoms with Gasteiger partial charge in [-0.25, -0.2) is 0 Å². The average Bonchev–Trinajstić information content (AvgIpc) is 2.69. The zero-order valence-electron chi connectivity index (χ0n) is 18.0. The lowest BCUT2D eigenvalue weighted by Gasteiger charge is -2.31. The van der Waals surface area contributed by atoms with Crippen LogP contribution < -0.4 is 5.32 Å². The van der Waals surface area contributed by atoms with E-state index in [1.165, 1.54) is 0 Å². The molecule has 0 aliphatic rings. The Morgan fingerprint density at radius 3 is 2.40 bits per heavy atom. The Bertz CT molecular complexity index is 885. The SMILES string of the molecule is CC[C@@H](C)NC(=O)[C@H](CC)N(Cc1cccc(C)c1)C(=O)Cc1ccc(Cl)cc1Cl. The largest absolute Gasteiger partial charge is 0.352 e. The maximum atomic E-state index is 13.4. The van der Waals surface area contributed by atoms with Gasteiger partial charge in [-0.3, -0.25) is 9.59 Å². The molecule has 0 saturated heterocycles. The topological polar surface area (TPSA) is 49.4 Å². The number of halogens is 2. The molecule has 0 radical (unpaired) electrons. The van der Waals surface area contributed by atoms with Gasteiger partial charge < -0.3 is 10.2 Å². The van der Waals surface area contributed by atoms with E-state index in [-0.39, 0.29) is 24.3 Å². The minimum Gasteiger partial charge on any atom is -0.352 e. The van der Waals surface area contributed by atoms with Gasteiger partial charge in [0.15, 0.2) is 0 Å². The molecule has 0 aliphatic carbocycles. The fraction of sp³-hybridized carbons (Fsp3) is 0.417. The molecule has 2 rings (SSSR count). The van der Waals surface area contributed by atoms with Crippen LogP contribution in [0, 0.1) is 6.92 Å². The molecule has 1 N–H and O–H groups in total. The average molecular weight is 449 g/mol. The monoisotopic (exact) mass is 448 g/mol. The van der Waals surface area contributed by atoms with Gasteiger partial charge in [0.1, 0.15) is 6.04 Å². The van der Waals surface area contributed by atoms with Crippen LogP contribution in [0.5, 0.6) is 0 Å². The second-order valence-corrected chi connectivity index (χ2v) is 8.51. The first-order valence-corrected chi connectivity index (χ1v) is 11.1. The van der Waals surface area contributed by atoms with Crippen LogP contribution in [-0.2, 0) is 22.6 Å². The van der Waals surface area contributed by atoms with E-state index in [1.54, 1.807) is 23.1 Å². The third-order valence-corrected chi connectivity index (χ3v) is 5.77. The van der Waals surface area contributed by atoms with Gasteiger partial charge >= 0.3 is 0 Å². The number of rotatable bonds is 9. The predicted octanol–water partition coefficient (Wildman–Crippen LogP) is 5.57. The second-order valence-electron chi connectivity index (χ2n) is 7.67. The van der Waals surface area contributed by atoms with Gasteiger partial charge in [-0.15, -0.1) is 0 Å². The molecule has 6 heteroatoms. The van der Waals surface area contributed by atoms with E-state index in [0.29, 0.717) is 28.6 Å². The van der Waals surface area contributed by atoms with Crippen molar-refractivity contribution < 1.29 is 9.59 Å². The number of carbonyl (C=O) groups is 2. The standard InChI is InChI=1S/C24H30Cl2N2O2/c1-5-17(4)27-24(30)22(6-2)28(15-18-9-7-8-16(3)12-18)23(29)13-19-10-11-20(25)14-21(19)26/h7-12,14,17,22H,5-6,13,15H2,1-4H3,(H,27,30)/t17-,22+/m1/s1. The minimum absolute atomic E-state index is 0.0492. The van der Waals surface area contributed by atoms with E-state index in [9.17, 15) is 9.59 Å². The van der Waals surface area contributed by atoms with Crippen molar-refractivity contribution in [2.45, 2.75) is 65.6 Å². The van der Waals surface area contributed by atoms with Gasteiger partial charge in [0.05, 0.1) is 6.42 Å². The Balaban J connectivity index is 2.32. The quantitative estimate of drug-likeness (QED) is 0.545. The van der Waals surface area contributed by atoms with Crippen molar-refractivity contribution in [1.29, 1.82) is 0 Å². The highest BCUT2D eigenvalue weighted by Crippen LogP contribution is 2.23. The Morgan fingerprint density at radius 2 is 1.80 bits per heavy atom. The molecule has 0 unspecified atom stereocenters. The number of carbonyl (C=O) groups excluding carboxylic acids is 2. The Morgan fingerprint density at radius 1 is 1.07 bits per heavy atom. The number of amides is 2. The van der Waals surface area contributed by atoms with Crippen LogP contribution in [0.1, 0.15) is 50.3 Å². The molecule has 2 aromatic rings. The van der Waals surface area contributed by atoms with Crippen molar-refractivity contribution in [2.75, 3.05) is 0 Å². The molecule has 0 saturated carbocycles. The van der Waals surface area contributed by atoms with E-state index in [1.807, 2.05) is 52.0 Å². The summed E-state index contributed by atoms with van der Waals surface area (Å²) in [5.41, 5.74) is 2.79. The molecule has 0 heterocycles. The third-order valence-electron chi connectivity index (χ3n) is 5.18. The lowest BCUT2D eigenvalue weighted by molar-refractivity contribution is -0.141. The van der Waals surface area contributed by atoms with E-state index in [2.05, 4.69) is 5.32 Å². The number of hydrogen-bond donors (Lipinski definition) is 1. The normalized spacial score (nSPS) is 12.9.